The van der Waals surface area contributed by atoms with Crippen molar-refractivity contribution in [2.75, 3.05) is 31.8 Å². The molecule has 0 radical (unpaired) electrons. The number of anilines is 4. The van der Waals surface area contributed by atoms with Crippen molar-refractivity contribution >= 4 is 40.3 Å². The first-order valence-electron chi connectivity index (χ1n) is 11.3. The number of hydrogen-bond donors (Lipinski definition) is 3. The lowest BCUT2D eigenvalue weighted by Crippen LogP contribution is -2.23. The summed E-state index contributed by atoms with van der Waals surface area (Å²) in [6.45, 7) is 5.99. The van der Waals surface area contributed by atoms with Crippen molar-refractivity contribution in [1.29, 1.82) is 0 Å². The van der Waals surface area contributed by atoms with Crippen LogP contribution in [0.1, 0.15) is 27.0 Å². The number of rotatable bonds is 7. The molecule has 0 saturated carbocycles. The maximum absolute atomic E-state index is 12.4. The van der Waals surface area contributed by atoms with E-state index in [9.17, 15) is 9.59 Å². The van der Waals surface area contributed by atoms with Crippen molar-refractivity contribution in [3.63, 3.8) is 0 Å². The number of hydrogen-bond acceptors (Lipinski definition) is 5. The number of para-hydroxylation sites is 1. The largest absolute Gasteiger partial charge is 0.355 e. The summed E-state index contributed by atoms with van der Waals surface area (Å²) in [6.07, 6.45) is 4.60. The van der Waals surface area contributed by atoms with Crippen LogP contribution in [0.5, 0.6) is 0 Å². The van der Waals surface area contributed by atoms with E-state index in [2.05, 4.69) is 33.6 Å². The normalized spacial score (nSPS) is 11.8. The molecule has 1 aromatic heterocycles. The molecule has 0 spiro atoms. The first kappa shape index (κ1) is 23.8. The van der Waals surface area contributed by atoms with Crippen molar-refractivity contribution in [3.05, 3.63) is 95.2 Å². The van der Waals surface area contributed by atoms with Crippen molar-refractivity contribution in [1.82, 2.24) is 15.2 Å². The van der Waals surface area contributed by atoms with E-state index in [0.717, 1.165) is 40.1 Å². The highest BCUT2D eigenvalue weighted by molar-refractivity contribution is 6.09. The predicted octanol–water partition coefficient (Wildman–Crippen LogP) is 4.82. The number of fused-ring (bicyclic) bond motifs is 1. The number of allylic oxidation sites excluding steroid dienone is 1. The molecule has 0 unspecified atom stereocenters. The minimum absolute atomic E-state index is 0.101. The zero-order valence-electron chi connectivity index (χ0n) is 20.4. The van der Waals surface area contributed by atoms with Gasteiger partial charge in [-0.3, -0.25) is 9.59 Å². The van der Waals surface area contributed by atoms with Crippen LogP contribution >= 0.6 is 0 Å². The quantitative estimate of drug-likeness (QED) is 0.434. The van der Waals surface area contributed by atoms with E-state index in [1.54, 1.807) is 33.4 Å². The van der Waals surface area contributed by atoms with Crippen LogP contribution in [0, 0.1) is 6.92 Å². The van der Waals surface area contributed by atoms with E-state index >= 15 is 0 Å². The zero-order chi connectivity index (χ0) is 25.1. The maximum Gasteiger partial charge on any atom is 0.253 e. The fourth-order valence-electron chi connectivity index (χ4n) is 4.02. The lowest BCUT2D eigenvalue weighted by Gasteiger charge is -2.16. The molecular formula is C28H29N5O2. The summed E-state index contributed by atoms with van der Waals surface area (Å²) in [6, 6.07) is 15.4. The van der Waals surface area contributed by atoms with Gasteiger partial charge in [0, 0.05) is 50.4 Å². The van der Waals surface area contributed by atoms with Crippen LogP contribution in [0.3, 0.4) is 0 Å². The summed E-state index contributed by atoms with van der Waals surface area (Å²) >= 11 is 0. The summed E-state index contributed by atoms with van der Waals surface area (Å²) in [4.78, 5) is 30.8. The van der Waals surface area contributed by atoms with Crippen LogP contribution < -0.4 is 16.0 Å². The van der Waals surface area contributed by atoms with Gasteiger partial charge >= 0.3 is 0 Å². The van der Waals surface area contributed by atoms with Crippen molar-refractivity contribution in [2.24, 2.45) is 0 Å². The fraction of sp³-hybridized carbons (Fsp3) is 0.179. The molecule has 2 amide bonds. The van der Waals surface area contributed by atoms with Crippen LogP contribution in [-0.4, -0.2) is 42.8 Å². The third-order valence-electron chi connectivity index (χ3n) is 5.96. The number of nitrogens with zero attached hydrogens (tertiary/aromatic N) is 2. The molecule has 7 nitrogen and oxygen atoms in total. The number of aromatic nitrogens is 1. The molecule has 2 aromatic carbocycles. The van der Waals surface area contributed by atoms with Crippen LogP contribution in [0.15, 0.2) is 73.0 Å². The van der Waals surface area contributed by atoms with Gasteiger partial charge in [-0.2, -0.15) is 0 Å². The number of carbonyl (C=O) groups is 2. The number of pyridine rings is 1. The summed E-state index contributed by atoms with van der Waals surface area (Å²) in [5, 5.41) is 9.40. The third kappa shape index (κ3) is 4.94. The van der Waals surface area contributed by atoms with E-state index in [1.807, 2.05) is 49.4 Å². The minimum Gasteiger partial charge on any atom is -0.355 e. The monoisotopic (exact) mass is 467 g/mol. The zero-order valence-corrected chi connectivity index (χ0v) is 20.4. The van der Waals surface area contributed by atoms with Gasteiger partial charge < -0.3 is 20.9 Å². The van der Waals surface area contributed by atoms with E-state index in [4.69, 9.17) is 0 Å². The molecule has 3 N–H and O–H groups in total. The van der Waals surface area contributed by atoms with Gasteiger partial charge in [-0.1, -0.05) is 30.9 Å². The first-order valence-corrected chi connectivity index (χ1v) is 11.3. The first-order chi connectivity index (χ1) is 16.8. The molecular weight excluding hydrogens is 438 g/mol. The number of nitrogens with one attached hydrogen (secondary N) is 3. The van der Waals surface area contributed by atoms with Gasteiger partial charge in [0.25, 0.3) is 11.8 Å². The second kappa shape index (κ2) is 9.85. The number of aryl methyl sites for hydroxylation is 1. The molecule has 178 valence electrons. The Morgan fingerprint density at radius 3 is 2.54 bits per heavy atom. The predicted molar refractivity (Wildman–Crippen MR) is 141 cm³/mol. The maximum atomic E-state index is 12.4. The van der Waals surface area contributed by atoms with Gasteiger partial charge in [0.15, 0.2) is 0 Å². The number of amides is 2. The lowest BCUT2D eigenvalue weighted by atomic mass is 9.99. The van der Waals surface area contributed by atoms with Crippen LogP contribution in [0.4, 0.5) is 22.9 Å². The average molecular weight is 468 g/mol. The fourth-order valence-corrected chi connectivity index (χ4v) is 4.02. The van der Waals surface area contributed by atoms with Gasteiger partial charge in [-0.25, -0.2) is 4.98 Å². The minimum atomic E-state index is -0.158. The molecule has 3 aromatic rings. The van der Waals surface area contributed by atoms with Gasteiger partial charge in [-0.05, 0) is 59.9 Å². The standard InChI is InChI=1S/C28H29N5O2/c1-17-16-30-26(15-25(17)32-24-9-7-6-8-22(24)27(34)29-3)31-20-12-10-19-11-13-21(23(19)14-20)18(2)28(35)33(4)5/h6-10,12-16H,2,11H2,1,3-5H3,(H,29,34)(H2,30,31,32). The molecule has 1 aliphatic carbocycles. The Kier molecular flexibility index (Phi) is 6.68. The van der Waals surface area contributed by atoms with Gasteiger partial charge in [0.2, 0.25) is 0 Å². The molecule has 0 atom stereocenters. The molecule has 35 heavy (non-hydrogen) atoms. The molecule has 1 aliphatic rings. The smallest absolute Gasteiger partial charge is 0.253 e. The second-order valence-electron chi connectivity index (χ2n) is 8.63. The Morgan fingerprint density at radius 2 is 1.80 bits per heavy atom. The Morgan fingerprint density at radius 1 is 1.03 bits per heavy atom. The highest BCUT2D eigenvalue weighted by Gasteiger charge is 2.22. The van der Waals surface area contributed by atoms with E-state index in [1.165, 1.54) is 4.90 Å². The topological polar surface area (TPSA) is 86.4 Å². The molecule has 0 aliphatic heterocycles. The third-order valence-corrected chi connectivity index (χ3v) is 5.96. The lowest BCUT2D eigenvalue weighted by molar-refractivity contribution is -0.124. The van der Waals surface area contributed by atoms with E-state index in [-0.39, 0.29) is 11.8 Å². The molecule has 0 saturated heterocycles. The number of benzene rings is 2. The second-order valence-corrected chi connectivity index (χ2v) is 8.63. The van der Waals surface area contributed by atoms with Crippen molar-refractivity contribution < 1.29 is 9.59 Å². The molecule has 0 bridgehead atoms. The molecule has 0 fully saturated rings. The number of carbonyl (C=O) groups excluding carboxylic acids is 2. The average Bonchev–Trinajstić information content (AvgIpc) is 3.28. The highest BCUT2D eigenvalue weighted by Crippen LogP contribution is 2.35. The van der Waals surface area contributed by atoms with Crippen LogP contribution in [-0.2, 0) is 11.2 Å². The SMILES string of the molecule is C=C(C(=O)N(C)C)C1=CCc2ccc(Nc3cc(Nc4ccccc4C(=O)NC)c(C)cn3)cc21. The molecule has 7 heteroatoms. The van der Waals surface area contributed by atoms with Crippen molar-refractivity contribution in [3.8, 4) is 0 Å². The van der Waals surface area contributed by atoms with Crippen LogP contribution in [0.25, 0.3) is 5.57 Å². The van der Waals surface area contributed by atoms with Crippen molar-refractivity contribution in [2.45, 2.75) is 13.3 Å². The summed E-state index contributed by atoms with van der Waals surface area (Å²) in [7, 11) is 5.06. The summed E-state index contributed by atoms with van der Waals surface area (Å²) in [5.74, 6) is 0.395. The number of likely N-dealkylation sites (N-methyl/N-ethyl adjacent to an activating group) is 1. The Bertz CT molecular complexity index is 1360. The van der Waals surface area contributed by atoms with Gasteiger partial charge in [0.1, 0.15) is 5.82 Å². The Hall–Kier alpha value is -4.39. The molecule has 1 heterocycles. The molecule has 4 rings (SSSR count). The van der Waals surface area contributed by atoms with Gasteiger partial charge in [0.05, 0.1) is 11.3 Å². The van der Waals surface area contributed by atoms with E-state index < -0.39 is 0 Å². The van der Waals surface area contributed by atoms with Crippen LogP contribution in [0.2, 0.25) is 0 Å². The van der Waals surface area contributed by atoms with Gasteiger partial charge in [-0.15, -0.1) is 0 Å². The highest BCUT2D eigenvalue weighted by atomic mass is 16.2. The Balaban J connectivity index is 1.58. The van der Waals surface area contributed by atoms with E-state index in [0.29, 0.717) is 22.6 Å². The Labute approximate surface area is 205 Å². The summed E-state index contributed by atoms with van der Waals surface area (Å²) in [5.41, 5.74) is 7.42. The summed E-state index contributed by atoms with van der Waals surface area (Å²) < 4.78 is 0.